The molecular formula is C15H17N3OS. The monoisotopic (exact) mass is 287 g/mol. The average molecular weight is 287 g/mol. The maximum atomic E-state index is 9.15. The molecule has 0 fully saturated rings. The summed E-state index contributed by atoms with van der Waals surface area (Å²) in [4.78, 5) is 4.56. The number of aromatic nitrogens is 1. The summed E-state index contributed by atoms with van der Waals surface area (Å²) in [6.07, 6.45) is 0. The van der Waals surface area contributed by atoms with Crippen LogP contribution in [-0.2, 0) is 5.41 Å². The van der Waals surface area contributed by atoms with E-state index in [1.165, 1.54) is 11.3 Å². The number of benzene rings is 1. The maximum Gasteiger partial charge on any atom is 0.187 e. The number of nitriles is 1. The number of rotatable bonds is 3. The molecule has 20 heavy (non-hydrogen) atoms. The van der Waals surface area contributed by atoms with E-state index in [0.717, 1.165) is 10.8 Å². The summed E-state index contributed by atoms with van der Waals surface area (Å²) in [7, 11) is 1.60. The number of methoxy groups -OCH3 is 1. The molecule has 0 saturated heterocycles. The van der Waals surface area contributed by atoms with Crippen LogP contribution in [0.15, 0.2) is 23.6 Å². The summed E-state index contributed by atoms with van der Waals surface area (Å²) in [5.74, 6) is 0.708. The lowest BCUT2D eigenvalue weighted by Gasteiger charge is -2.14. The van der Waals surface area contributed by atoms with Gasteiger partial charge < -0.3 is 10.1 Å². The van der Waals surface area contributed by atoms with Crippen LogP contribution in [0.2, 0.25) is 0 Å². The van der Waals surface area contributed by atoms with E-state index in [-0.39, 0.29) is 5.41 Å². The van der Waals surface area contributed by atoms with Crippen LogP contribution in [0.1, 0.15) is 32.0 Å². The Bertz CT molecular complexity index is 650. The smallest absolute Gasteiger partial charge is 0.187 e. The van der Waals surface area contributed by atoms with Crippen molar-refractivity contribution in [3.05, 3.63) is 34.8 Å². The van der Waals surface area contributed by atoms with Gasteiger partial charge in [-0.25, -0.2) is 4.98 Å². The summed E-state index contributed by atoms with van der Waals surface area (Å²) in [5.41, 5.74) is 2.33. The molecular weight excluding hydrogens is 270 g/mol. The van der Waals surface area contributed by atoms with Crippen molar-refractivity contribution < 1.29 is 4.74 Å². The predicted octanol–water partition coefficient (Wildman–Crippen LogP) is 4.06. The SMILES string of the molecule is COc1ccc(C#N)c(Nc2nc(C(C)(C)C)cs2)c1. The van der Waals surface area contributed by atoms with Crippen LogP contribution < -0.4 is 10.1 Å². The molecule has 0 aliphatic carbocycles. The van der Waals surface area contributed by atoms with Gasteiger partial charge in [-0.3, -0.25) is 0 Å². The number of thiazole rings is 1. The molecule has 0 atom stereocenters. The average Bonchev–Trinajstić information content (AvgIpc) is 2.87. The molecule has 1 heterocycles. The summed E-state index contributed by atoms with van der Waals surface area (Å²) >= 11 is 1.53. The first kappa shape index (κ1) is 14.4. The van der Waals surface area contributed by atoms with E-state index in [1.807, 2.05) is 5.38 Å². The van der Waals surface area contributed by atoms with Gasteiger partial charge in [0.1, 0.15) is 11.8 Å². The number of hydrogen-bond acceptors (Lipinski definition) is 5. The molecule has 2 rings (SSSR count). The predicted molar refractivity (Wildman–Crippen MR) is 81.8 cm³/mol. The zero-order chi connectivity index (χ0) is 14.8. The van der Waals surface area contributed by atoms with E-state index in [0.29, 0.717) is 17.0 Å². The Morgan fingerprint density at radius 2 is 2.10 bits per heavy atom. The highest BCUT2D eigenvalue weighted by Crippen LogP contribution is 2.30. The van der Waals surface area contributed by atoms with Gasteiger partial charge in [0, 0.05) is 16.9 Å². The number of hydrogen-bond donors (Lipinski definition) is 1. The second-order valence-corrected chi connectivity index (χ2v) is 6.29. The topological polar surface area (TPSA) is 57.9 Å². The molecule has 1 N–H and O–H groups in total. The second-order valence-electron chi connectivity index (χ2n) is 5.44. The number of nitrogens with one attached hydrogen (secondary N) is 1. The molecule has 0 unspecified atom stereocenters. The molecule has 0 radical (unpaired) electrons. The quantitative estimate of drug-likeness (QED) is 0.924. The molecule has 1 aromatic heterocycles. The molecule has 0 saturated carbocycles. The van der Waals surface area contributed by atoms with E-state index < -0.39 is 0 Å². The van der Waals surface area contributed by atoms with Gasteiger partial charge in [-0.05, 0) is 12.1 Å². The third kappa shape index (κ3) is 3.09. The lowest BCUT2D eigenvalue weighted by atomic mass is 9.93. The highest BCUT2D eigenvalue weighted by molar-refractivity contribution is 7.13. The minimum absolute atomic E-state index is 0.0167. The van der Waals surface area contributed by atoms with Crippen LogP contribution in [0.25, 0.3) is 0 Å². The van der Waals surface area contributed by atoms with Crippen LogP contribution >= 0.6 is 11.3 Å². The molecule has 0 bridgehead atoms. The Labute approximate surface area is 123 Å². The fourth-order valence-corrected chi connectivity index (χ4v) is 2.59. The van der Waals surface area contributed by atoms with Crippen molar-refractivity contribution in [2.24, 2.45) is 0 Å². The maximum absolute atomic E-state index is 9.15. The first-order chi connectivity index (χ1) is 9.44. The van der Waals surface area contributed by atoms with Crippen molar-refractivity contribution in [2.45, 2.75) is 26.2 Å². The van der Waals surface area contributed by atoms with Gasteiger partial charge in [-0.2, -0.15) is 5.26 Å². The largest absolute Gasteiger partial charge is 0.497 e. The highest BCUT2D eigenvalue weighted by Gasteiger charge is 2.17. The highest BCUT2D eigenvalue weighted by atomic mass is 32.1. The zero-order valence-electron chi connectivity index (χ0n) is 12.0. The van der Waals surface area contributed by atoms with Crippen molar-refractivity contribution in [3.63, 3.8) is 0 Å². The number of ether oxygens (including phenoxy) is 1. The molecule has 1 aromatic carbocycles. The third-order valence-corrected chi connectivity index (χ3v) is 3.62. The summed E-state index contributed by atoms with van der Waals surface area (Å²) in [5, 5.41) is 15.2. The first-order valence-corrected chi connectivity index (χ1v) is 7.13. The molecule has 0 aliphatic rings. The first-order valence-electron chi connectivity index (χ1n) is 6.25. The number of nitrogens with zero attached hydrogens (tertiary/aromatic N) is 2. The minimum atomic E-state index is 0.0167. The summed E-state index contributed by atoms with van der Waals surface area (Å²) in [6, 6.07) is 7.47. The van der Waals surface area contributed by atoms with Crippen molar-refractivity contribution >= 4 is 22.2 Å². The van der Waals surface area contributed by atoms with Gasteiger partial charge in [-0.1, -0.05) is 20.8 Å². The van der Waals surface area contributed by atoms with Crippen LogP contribution in [0, 0.1) is 11.3 Å². The standard InChI is InChI=1S/C15H17N3OS/c1-15(2,3)13-9-20-14(18-13)17-12-7-11(19-4)6-5-10(12)8-16/h5-7,9H,1-4H3,(H,17,18). The lowest BCUT2D eigenvalue weighted by Crippen LogP contribution is -2.11. The van der Waals surface area contributed by atoms with Crippen LogP contribution in [-0.4, -0.2) is 12.1 Å². The van der Waals surface area contributed by atoms with Gasteiger partial charge in [-0.15, -0.1) is 11.3 Å². The van der Waals surface area contributed by atoms with E-state index in [1.54, 1.807) is 25.3 Å². The van der Waals surface area contributed by atoms with E-state index in [9.17, 15) is 0 Å². The van der Waals surface area contributed by atoms with E-state index in [4.69, 9.17) is 10.00 Å². The molecule has 0 spiro atoms. The molecule has 2 aromatic rings. The molecule has 5 heteroatoms. The Morgan fingerprint density at radius 1 is 1.35 bits per heavy atom. The van der Waals surface area contributed by atoms with Crippen LogP contribution in [0.4, 0.5) is 10.8 Å². The van der Waals surface area contributed by atoms with Crippen molar-refractivity contribution in [1.82, 2.24) is 4.98 Å². The van der Waals surface area contributed by atoms with Gasteiger partial charge in [0.25, 0.3) is 0 Å². The van der Waals surface area contributed by atoms with Gasteiger partial charge in [0.2, 0.25) is 0 Å². The Morgan fingerprint density at radius 3 is 2.65 bits per heavy atom. The summed E-state index contributed by atoms with van der Waals surface area (Å²) < 4.78 is 5.19. The molecule has 104 valence electrons. The normalized spacial score (nSPS) is 10.9. The van der Waals surface area contributed by atoms with Crippen molar-refractivity contribution in [3.8, 4) is 11.8 Å². The van der Waals surface area contributed by atoms with Gasteiger partial charge in [0.15, 0.2) is 5.13 Å². The molecule has 4 nitrogen and oxygen atoms in total. The fraction of sp³-hybridized carbons (Fsp3) is 0.333. The Kier molecular flexibility index (Phi) is 3.96. The minimum Gasteiger partial charge on any atom is -0.497 e. The Hall–Kier alpha value is -2.06. The van der Waals surface area contributed by atoms with E-state index in [2.05, 4.69) is 37.1 Å². The second kappa shape index (κ2) is 5.51. The van der Waals surface area contributed by atoms with Crippen LogP contribution in [0.5, 0.6) is 5.75 Å². The van der Waals surface area contributed by atoms with Crippen molar-refractivity contribution in [2.75, 3.05) is 12.4 Å². The van der Waals surface area contributed by atoms with Gasteiger partial charge in [0.05, 0.1) is 24.1 Å². The van der Waals surface area contributed by atoms with E-state index >= 15 is 0 Å². The lowest BCUT2D eigenvalue weighted by molar-refractivity contribution is 0.415. The Balaban J connectivity index is 2.30. The van der Waals surface area contributed by atoms with Crippen LogP contribution in [0.3, 0.4) is 0 Å². The van der Waals surface area contributed by atoms with Gasteiger partial charge >= 0.3 is 0 Å². The zero-order valence-corrected chi connectivity index (χ0v) is 12.8. The summed E-state index contributed by atoms with van der Waals surface area (Å²) in [6.45, 7) is 6.37. The fourth-order valence-electron chi connectivity index (χ4n) is 1.64. The number of anilines is 2. The van der Waals surface area contributed by atoms with Crippen molar-refractivity contribution in [1.29, 1.82) is 5.26 Å². The molecule has 0 aliphatic heterocycles. The molecule has 0 amide bonds. The third-order valence-electron chi connectivity index (χ3n) is 2.86.